The zero-order valence-corrected chi connectivity index (χ0v) is 16.7. The Bertz CT molecular complexity index is 903. The summed E-state index contributed by atoms with van der Waals surface area (Å²) in [5, 5.41) is 7.88. The van der Waals surface area contributed by atoms with Crippen LogP contribution >= 0.6 is 0 Å². The van der Waals surface area contributed by atoms with Crippen molar-refractivity contribution in [3.63, 3.8) is 0 Å². The van der Waals surface area contributed by atoms with Crippen molar-refractivity contribution in [2.24, 2.45) is 11.7 Å². The van der Waals surface area contributed by atoms with Gasteiger partial charge in [0, 0.05) is 12.6 Å². The predicted octanol–water partition coefficient (Wildman–Crippen LogP) is 1.92. The molecule has 4 rings (SSSR count). The van der Waals surface area contributed by atoms with Gasteiger partial charge < -0.3 is 15.4 Å². The highest BCUT2D eigenvalue weighted by molar-refractivity contribution is 5.92. The molecule has 8 heteroatoms. The van der Waals surface area contributed by atoms with Crippen molar-refractivity contribution in [3.8, 4) is 5.75 Å². The first-order chi connectivity index (χ1) is 14.0. The van der Waals surface area contributed by atoms with E-state index >= 15 is 0 Å². The van der Waals surface area contributed by atoms with Crippen molar-refractivity contribution < 1.29 is 14.3 Å². The molecule has 0 spiro atoms. The summed E-state index contributed by atoms with van der Waals surface area (Å²) in [6.45, 7) is 0.432. The Labute approximate surface area is 170 Å². The quantitative estimate of drug-likeness (QED) is 0.830. The van der Waals surface area contributed by atoms with E-state index in [1.807, 2.05) is 17.0 Å². The molecule has 0 saturated heterocycles. The molecule has 1 fully saturated rings. The van der Waals surface area contributed by atoms with Gasteiger partial charge in [0.25, 0.3) is 5.91 Å². The highest BCUT2D eigenvalue weighted by Crippen LogP contribution is 2.36. The van der Waals surface area contributed by atoms with Gasteiger partial charge in [-0.25, -0.2) is 4.68 Å². The van der Waals surface area contributed by atoms with Gasteiger partial charge in [0.1, 0.15) is 12.3 Å². The van der Waals surface area contributed by atoms with E-state index in [2.05, 4.69) is 16.4 Å². The van der Waals surface area contributed by atoms with Gasteiger partial charge in [-0.05, 0) is 48.4 Å². The fourth-order valence-corrected chi connectivity index (χ4v) is 4.65. The number of rotatable bonds is 5. The molecule has 2 amide bonds. The summed E-state index contributed by atoms with van der Waals surface area (Å²) < 4.78 is 6.68. The number of amides is 2. The van der Waals surface area contributed by atoms with Crippen LogP contribution in [0.5, 0.6) is 5.75 Å². The number of methoxy groups -OCH3 is 1. The summed E-state index contributed by atoms with van der Waals surface area (Å²) in [6.07, 6.45) is 8.34. The van der Waals surface area contributed by atoms with E-state index in [0.717, 1.165) is 30.6 Å². The van der Waals surface area contributed by atoms with Crippen LogP contribution in [0.1, 0.15) is 53.7 Å². The second kappa shape index (κ2) is 8.23. The van der Waals surface area contributed by atoms with Crippen molar-refractivity contribution in [2.45, 2.75) is 57.7 Å². The van der Waals surface area contributed by atoms with Gasteiger partial charge in [-0.3, -0.25) is 9.59 Å². The van der Waals surface area contributed by atoms with Gasteiger partial charge in [0.2, 0.25) is 5.91 Å². The molecule has 1 saturated carbocycles. The van der Waals surface area contributed by atoms with Crippen molar-refractivity contribution in [2.75, 3.05) is 7.11 Å². The van der Waals surface area contributed by atoms with Crippen LogP contribution < -0.4 is 10.5 Å². The van der Waals surface area contributed by atoms with Crippen molar-refractivity contribution in [1.29, 1.82) is 0 Å². The zero-order valence-electron chi connectivity index (χ0n) is 16.7. The molecule has 8 nitrogen and oxygen atoms in total. The monoisotopic (exact) mass is 397 g/mol. The number of carbonyl (C=O) groups excluding carboxylic acids is 2. The maximum atomic E-state index is 13.4. The van der Waals surface area contributed by atoms with Gasteiger partial charge in [-0.1, -0.05) is 30.5 Å². The minimum Gasteiger partial charge on any atom is -0.497 e. The number of hydrogen-bond donors (Lipinski definition) is 1. The molecular weight excluding hydrogens is 370 g/mol. The van der Waals surface area contributed by atoms with E-state index in [9.17, 15) is 9.59 Å². The van der Waals surface area contributed by atoms with Crippen molar-refractivity contribution >= 4 is 11.8 Å². The summed E-state index contributed by atoms with van der Waals surface area (Å²) in [7, 11) is 1.65. The van der Waals surface area contributed by atoms with Gasteiger partial charge in [-0.2, -0.15) is 0 Å². The van der Waals surface area contributed by atoms with E-state index in [4.69, 9.17) is 10.5 Å². The third-order valence-corrected chi connectivity index (χ3v) is 6.11. The number of hydrogen-bond acceptors (Lipinski definition) is 5. The normalized spacial score (nSPS) is 19.6. The summed E-state index contributed by atoms with van der Waals surface area (Å²) in [6, 6.07) is 6.26. The lowest BCUT2D eigenvalue weighted by atomic mass is 9.78. The molecule has 1 atom stereocenters. The number of aromatic nitrogens is 3. The molecule has 1 aliphatic carbocycles. The zero-order chi connectivity index (χ0) is 20.4. The third-order valence-electron chi connectivity index (χ3n) is 6.11. The number of nitrogens with two attached hydrogens (primary N) is 1. The Morgan fingerprint density at radius 1 is 1.21 bits per heavy atom. The van der Waals surface area contributed by atoms with Crippen LogP contribution in [-0.4, -0.2) is 44.9 Å². The molecule has 1 aromatic carbocycles. The van der Waals surface area contributed by atoms with E-state index in [0.29, 0.717) is 12.5 Å². The summed E-state index contributed by atoms with van der Waals surface area (Å²) in [5.74, 6) is 0.612. The molecule has 1 aromatic heterocycles. The molecule has 2 heterocycles. The lowest BCUT2D eigenvalue weighted by molar-refractivity contribution is -0.118. The first-order valence-electron chi connectivity index (χ1n) is 10.2. The van der Waals surface area contributed by atoms with E-state index in [-0.39, 0.29) is 24.2 Å². The van der Waals surface area contributed by atoms with E-state index in [1.165, 1.54) is 35.7 Å². The summed E-state index contributed by atoms with van der Waals surface area (Å²) >= 11 is 0. The Morgan fingerprint density at radius 3 is 2.72 bits per heavy atom. The molecule has 0 radical (unpaired) electrons. The molecule has 1 aliphatic heterocycles. The van der Waals surface area contributed by atoms with Crippen LogP contribution in [0.2, 0.25) is 0 Å². The fourth-order valence-electron chi connectivity index (χ4n) is 4.65. The van der Waals surface area contributed by atoms with Crippen molar-refractivity contribution in [3.05, 3.63) is 41.2 Å². The Kier molecular flexibility index (Phi) is 5.51. The molecule has 2 aliphatic rings. The minimum atomic E-state index is -0.520. The van der Waals surface area contributed by atoms with Gasteiger partial charge in [0.05, 0.1) is 13.3 Å². The maximum absolute atomic E-state index is 13.4. The van der Waals surface area contributed by atoms with Crippen LogP contribution in [0.4, 0.5) is 0 Å². The van der Waals surface area contributed by atoms with Crippen LogP contribution in [0.3, 0.4) is 0 Å². The first-order valence-corrected chi connectivity index (χ1v) is 10.2. The lowest BCUT2D eigenvalue weighted by Gasteiger charge is -2.42. The Balaban J connectivity index is 1.63. The second-order valence-electron chi connectivity index (χ2n) is 8.00. The minimum absolute atomic E-state index is 0.0909. The average Bonchev–Trinajstić information content (AvgIpc) is 3.20. The lowest BCUT2D eigenvalue weighted by Crippen LogP contribution is -2.48. The predicted molar refractivity (Wildman–Crippen MR) is 106 cm³/mol. The number of primary amides is 1. The fraction of sp³-hybridized carbons (Fsp3) is 0.524. The maximum Gasteiger partial charge on any atom is 0.276 e. The molecule has 1 unspecified atom stereocenters. The highest BCUT2D eigenvalue weighted by atomic mass is 16.5. The average molecular weight is 397 g/mol. The number of carbonyl (C=O) groups is 2. The summed E-state index contributed by atoms with van der Waals surface area (Å²) in [4.78, 5) is 26.5. The first kappa shape index (κ1) is 19.4. The number of benzene rings is 1. The van der Waals surface area contributed by atoms with Gasteiger partial charge in [0.15, 0.2) is 5.69 Å². The molecule has 0 bridgehead atoms. The van der Waals surface area contributed by atoms with E-state index < -0.39 is 5.91 Å². The van der Waals surface area contributed by atoms with Crippen molar-refractivity contribution in [1.82, 2.24) is 19.9 Å². The SMILES string of the molecule is COc1ccc2c(c1)CN(C(=O)c1cn(CC(N)=O)nn1)C(C1CCCCC1)C2. The Morgan fingerprint density at radius 2 is 2.00 bits per heavy atom. The number of ether oxygens (including phenoxy) is 1. The largest absolute Gasteiger partial charge is 0.497 e. The number of nitrogens with zero attached hydrogens (tertiary/aromatic N) is 4. The van der Waals surface area contributed by atoms with Gasteiger partial charge >= 0.3 is 0 Å². The highest BCUT2D eigenvalue weighted by Gasteiger charge is 2.37. The van der Waals surface area contributed by atoms with Crippen LogP contribution in [-0.2, 0) is 24.3 Å². The molecule has 2 aromatic rings. The van der Waals surface area contributed by atoms with Crippen LogP contribution in [0.15, 0.2) is 24.4 Å². The van der Waals surface area contributed by atoms with Gasteiger partial charge in [-0.15, -0.1) is 5.10 Å². The number of fused-ring (bicyclic) bond motifs is 1. The molecule has 29 heavy (non-hydrogen) atoms. The third kappa shape index (κ3) is 4.11. The summed E-state index contributed by atoms with van der Waals surface area (Å²) in [5.41, 5.74) is 7.85. The smallest absolute Gasteiger partial charge is 0.276 e. The van der Waals surface area contributed by atoms with E-state index in [1.54, 1.807) is 7.11 Å². The topological polar surface area (TPSA) is 103 Å². The Hall–Kier alpha value is -2.90. The standard InChI is InChI=1S/C21H27N5O3/c1-29-17-8-7-15-10-19(14-5-3-2-4-6-14)26(11-16(15)9-17)21(28)18-12-25(24-23-18)13-20(22)27/h7-9,12,14,19H,2-6,10-11,13H2,1H3,(H2,22,27). The molecular formula is C21H27N5O3. The molecule has 154 valence electrons. The van der Waals surface area contributed by atoms with Crippen LogP contribution in [0.25, 0.3) is 0 Å². The molecule has 2 N–H and O–H groups in total. The second-order valence-corrected chi connectivity index (χ2v) is 8.00. The van der Waals surface area contributed by atoms with Crippen LogP contribution in [0, 0.1) is 5.92 Å².